The molecule has 1 aromatic carbocycles. The smallest absolute Gasteiger partial charge is 0.234 e. The van der Waals surface area contributed by atoms with Crippen molar-refractivity contribution in [2.24, 2.45) is 4.99 Å². The lowest BCUT2D eigenvalue weighted by Crippen LogP contribution is -2.20. The highest BCUT2D eigenvalue weighted by atomic mass is 32.2. The number of carbonyl (C=O) groups is 1. The number of hydrogen-bond acceptors (Lipinski definition) is 5. The summed E-state index contributed by atoms with van der Waals surface area (Å²) in [6.07, 6.45) is 0. The SMILES string of the molecule is N#Cc1ccc(NC(=O)CSC2=NCCN2)cc1. The van der Waals surface area contributed by atoms with Gasteiger partial charge in [-0.25, -0.2) is 0 Å². The van der Waals surface area contributed by atoms with E-state index in [2.05, 4.69) is 15.6 Å². The summed E-state index contributed by atoms with van der Waals surface area (Å²) in [5.74, 6) is 0.243. The number of amidine groups is 1. The lowest BCUT2D eigenvalue weighted by molar-refractivity contribution is -0.113. The number of hydrogen-bond donors (Lipinski definition) is 2. The molecule has 0 aromatic heterocycles. The lowest BCUT2D eigenvalue weighted by Gasteiger charge is -2.05. The molecule has 18 heavy (non-hydrogen) atoms. The van der Waals surface area contributed by atoms with Gasteiger partial charge >= 0.3 is 0 Å². The molecule has 1 aromatic rings. The summed E-state index contributed by atoms with van der Waals surface area (Å²) in [6.45, 7) is 1.62. The van der Waals surface area contributed by atoms with E-state index in [9.17, 15) is 4.79 Å². The molecule has 0 fully saturated rings. The second-order valence-corrected chi connectivity index (χ2v) is 4.60. The molecule has 6 heteroatoms. The molecule has 5 nitrogen and oxygen atoms in total. The third-order valence-electron chi connectivity index (χ3n) is 2.28. The largest absolute Gasteiger partial charge is 0.363 e. The predicted molar refractivity (Wildman–Crippen MR) is 72.5 cm³/mol. The monoisotopic (exact) mass is 260 g/mol. The van der Waals surface area contributed by atoms with Gasteiger partial charge in [0, 0.05) is 12.2 Å². The number of anilines is 1. The molecule has 0 saturated carbocycles. The van der Waals surface area contributed by atoms with Gasteiger partial charge in [0.05, 0.1) is 23.9 Å². The van der Waals surface area contributed by atoms with Crippen LogP contribution in [-0.4, -0.2) is 29.9 Å². The molecule has 0 aliphatic carbocycles. The Labute approximate surface area is 109 Å². The van der Waals surface area contributed by atoms with E-state index in [1.807, 2.05) is 6.07 Å². The number of nitriles is 1. The minimum absolute atomic E-state index is 0.0823. The molecular weight excluding hydrogens is 248 g/mol. The Morgan fingerprint density at radius 1 is 1.50 bits per heavy atom. The van der Waals surface area contributed by atoms with E-state index in [0.29, 0.717) is 17.0 Å². The van der Waals surface area contributed by atoms with E-state index in [1.165, 1.54) is 11.8 Å². The molecule has 0 atom stereocenters. The van der Waals surface area contributed by atoms with Crippen LogP contribution in [0.2, 0.25) is 0 Å². The Bertz CT molecular complexity index is 504. The summed E-state index contributed by atoms with van der Waals surface area (Å²) in [4.78, 5) is 15.8. The number of aliphatic imine (C=N–C) groups is 1. The number of carbonyl (C=O) groups excluding carboxylic acids is 1. The van der Waals surface area contributed by atoms with Gasteiger partial charge in [0.25, 0.3) is 0 Å². The molecule has 92 valence electrons. The number of amides is 1. The van der Waals surface area contributed by atoms with E-state index in [0.717, 1.165) is 18.3 Å². The normalized spacial score (nSPS) is 13.4. The van der Waals surface area contributed by atoms with Gasteiger partial charge in [0.2, 0.25) is 5.91 Å². The van der Waals surface area contributed by atoms with Gasteiger partial charge in [-0.15, -0.1) is 0 Å². The van der Waals surface area contributed by atoms with E-state index < -0.39 is 0 Å². The first-order valence-corrected chi connectivity index (χ1v) is 6.47. The van der Waals surface area contributed by atoms with E-state index >= 15 is 0 Å². The Kier molecular flexibility index (Phi) is 4.20. The maximum absolute atomic E-state index is 11.6. The fourth-order valence-corrected chi connectivity index (χ4v) is 2.16. The van der Waals surface area contributed by atoms with Crippen molar-refractivity contribution in [2.45, 2.75) is 0 Å². The maximum Gasteiger partial charge on any atom is 0.234 e. The Morgan fingerprint density at radius 2 is 2.28 bits per heavy atom. The van der Waals surface area contributed by atoms with Gasteiger partial charge < -0.3 is 10.6 Å². The Morgan fingerprint density at radius 3 is 2.89 bits per heavy atom. The fourth-order valence-electron chi connectivity index (χ4n) is 1.43. The molecule has 2 N–H and O–H groups in total. The molecular formula is C12H12N4OS. The zero-order valence-corrected chi connectivity index (χ0v) is 10.5. The van der Waals surface area contributed by atoms with E-state index in [-0.39, 0.29) is 5.91 Å². The van der Waals surface area contributed by atoms with Crippen LogP contribution in [0.15, 0.2) is 29.3 Å². The minimum atomic E-state index is -0.0823. The average molecular weight is 260 g/mol. The second kappa shape index (κ2) is 6.07. The average Bonchev–Trinajstić information content (AvgIpc) is 2.90. The predicted octanol–water partition coefficient (Wildman–Crippen LogP) is 1.19. The van der Waals surface area contributed by atoms with Crippen LogP contribution in [-0.2, 0) is 4.79 Å². The minimum Gasteiger partial charge on any atom is -0.363 e. The van der Waals surface area contributed by atoms with Crippen molar-refractivity contribution in [3.8, 4) is 6.07 Å². The van der Waals surface area contributed by atoms with Crippen LogP contribution < -0.4 is 10.6 Å². The van der Waals surface area contributed by atoms with Gasteiger partial charge in [-0.2, -0.15) is 5.26 Å². The molecule has 1 amide bonds. The van der Waals surface area contributed by atoms with Gasteiger partial charge in [-0.3, -0.25) is 9.79 Å². The first kappa shape index (κ1) is 12.5. The summed E-state index contributed by atoms with van der Waals surface area (Å²) >= 11 is 1.39. The van der Waals surface area contributed by atoms with Crippen LogP contribution in [0.3, 0.4) is 0 Å². The topological polar surface area (TPSA) is 77.3 Å². The molecule has 0 spiro atoms. The van der Waals surface area contributed by atoms with Gasteiger partial charge in [0.1, 0.15) is 0 Å². The van der Waals surface area contributed by atoms with Gasteiger partial charge in [0.15, 0.2) is 5.17 Å². The third-order valence-corrected chi connectivity index (χ3v) is 3.23. The van der Waals surface area contributed by atoms with Crippen molar-refractivity contribution in [2.75, 3.05) is 24.2 Å². The summed E-state index contributed by atoms with van der Waals surface area (Å²) in [6, 6.07) is 8.80. The molecule has 0 bridgehead atoms. The lowest BCUT2D eigenvalue weighted by atomic mass is 10.2. The summed E-state index contributed by atoms with van der Waals surface area (Å²) in [7, 11) is 0. The van der Waals surface area contributed by atoms with Crippen molar-refractivity contribution in [1.29, 1.82) is 5.26 Å². The molecule has 0 radical (unpaired) electrons. The van der Waals surface area contributed by atoms with Crippen LogP contribution in [0, 0.1) is 11.3 Å². The third kappa shape index (κ3) is 3.50. The molecule has 0 unspecified atom stereocenters. The highest BCUT2D eigenvalue weighted by Gasteiger charge is 2.09. The molecule has 2 rings (SSSR count). The van der Waals surface area contributed by atoms with Gasteiger partial charge in [-0.05, 0) is 24.3 Å². The number of nitrogens with zero attached hydrogens (tertiary/aromatic N) is 2. The van der Waals surface area contributed by atoms with Crippen LogP contribution in [0.4, 0.5) is 5.69 Å². The second-order valence-electron chi connectivity index (χ2n) is 3.64. The number of thioether (sulfide) groups is 1. The molecule has 1 heterocycles. The van der Waals surface area contributed by atoms with Crippen LogP contribution in [0.1, 0.15) is 5.56 Å². The summed E-state index contributed by atoms with van der Waals surface area (Å²) in [5.41, 5.74) is 1.27. The highest BCUT2D eigenvalue weighted by molar-refractivity contribution is 8.14. The first-order valence-electron chi connectivity index (χ1n) is 5.49. The van der Waals surface area contributed by atoms with Crippen molar-refractivity contribution in [3.05, 3.63) is 29.8 Å². The first-order chi connectivity index (χ1) is 8.78. The maximum atomic E-state index is 11.6. The highest BCUT2D eigenvalue weighted by Crippen LogP contribution is 2.10. The number of nitrogens with one attached hydrogen (secondary N) is 2. The number of benzene rings is 1. The molecule has 0 saturated heterocycles. The summed E-state index contributed by atoms with van der Waals surface area (Å²) in [5, 5.41) is 15.3. The Balaban J connectivity index is 1.81. The van der Waals surface area contributed by atoms with Crippen molar-refractivity contribution >= 4 is 28.5 Å². The zero-order chi connectivity index (χ0) is 12.8. The van der Waals surface area contributed by atoms with Crippen molar-refractivity contribution in [1.82, 2.24) is 5.32 Å². The zero-order valence-electron chi connectivity index (χ0n) is 9.64. The number of rotatable bonds is 3. The van der Waals surface area contributed by atoms with Crippen LogP contribution in [0.5, 0.6) is 0 Å². The Hall–Kier alpha value is -2.00. The van der Waals surface area contributed by atoms with Gasteiger partial charge in [-0.1, -0.05) is 11.8 Å². The quantitative estimate of drug-likeness (QED) is 0.855. The van der Waals surface area contributed by atoms with Crippen LogP contribution >= 0.6 is 11.8 Å². The van der Waals surface area contributed by atoms with Crippen molar-refractivity contribution in [3.63, 3.8) is 0 Å². The van der Waals surface area contributed by atoms with E-state index in [1.54, 1.807) is 24.3 Å². The molecule has 1 aliphatic rings. The standard InChI is InChI=1S/C12H12N4OS/c13-7-9-1-3-10(4-2-9)16-11(17)8-18-12-14-5-6-15-12/h1-4H,5-6,8H2,(H,14,15)(H,16,17). The molecule has 1 aliphatic heterocycles. The van der Waals surface area contributed by atoms with Crippen LogP contribution in [0.25, 0.3) is 0 Å². The van der Waals surface area contributed by atoms with Crippen molar-refractivity contribution < 1.29 is 4.79 Å². The fraction of sp³-hybridized carbons (Fsp3) is 0.250. The summed E-state index contributed by atoms with van der Waals surface area (Å²) < 4.78 is 0. The van der Waals surface area contributed by atoms with E-state index in [4.69, 9.17) is 5.26 Å².